The molecule has 0 bridgehead atoms. The summed E-state index contributed by atoms with van der Waals surface area (Å²) in [5.41, 5.74) is 0.146. The molecule has 3 N–H and O–H groups in total. The van der Waals surface area contributed by atoms with Gasteiger partial charge in [0.2, 0.25) is 11.8 Å². The van der Waals surface area contributed by atoms with Crippen LogP contribution in [-0.4, -0.2) is 64.9 Å². The first-order chi connectivity index (χ1) is 12.0. The number of aromatic hydroxyl groups is 1. The number of nitrogens with one attached hydrogen (secondary N) is 2. The summed E-state index contributed by atoms with van der Waals surface area (Å²) in [5.74, 6) is -0.597. The third-order valence-electron chi connectivity index (χ3n) is 3.99. The van der Waals surface area contributed by atoms with Gasteiger partial charge in [0.05, 0.1) is 11.3 Å². The van der Waals surface area contributed by atoms with Gasteiger partial charge in [-0.05, 0) is 31.7 Å². The van der Waals surface area contributed by atoms with Crippen molar-refractivity contribution in [2.24, 2.45) is 0 Å². The van der Waals surface area contributed by atoms with Gasteiger partial charge in [-0.15, -0.1) is 0 Å². The van der Waals surface area contributed by atoms with E-state index in [0.717, 1.165) is 0 Å². The van der Waals surface area contributed by atoms with Crippen LogP contribution in [0.3, 0.4) is 0 Å². The highest BCUT2D eigenvalue weighted by atomic mass is 32.2. The van der Waals surface area contributed by atoms with Gasteiger partial charge in [0.15, 0.2) is 0 Å². The Morgan fingerprint density at radius 1 is 1.32 bits per heavy atom. The number of carbonyl (C=O) groups is 3. The minimum absolute atomic E-state index is 0.121. The van der Waals surface area contributed by atoms with E-state index in [-0.39, 0.29) is 35.7 Å². The first kappa shape index (κ1) is 19.1. The topological polar surface area (TPSA) is 98.7 Å². The number of hydrogen-bond acceptors (Lipinski definition) is 5. The van der Waals surface area contributed by atoms with Gasteiger partial charge in [-0.3, -0.25) is 14.4 Å². The lowest BCUT2D eigenvalue weighted by molar-refractivity contribution is -0.125. The van der Waals surface area contributed by atoms with E-state index in [4.69, 9.17) is 0 Å². The van der Waals surface area contributed by atoms with Crippen molar-refractivity contribution in [2.75, 3.05) is 25.1 Å². The number of amides is 3. The lowest BCUT2D eigenvalue weighted by Crippen LogP contribution is -2.46. The smallest absolute Gasteiger partial charge is 0.258 e. The largest absolute Gasteiger partial charge is 0.507 e. The summed E-state index contributed by atoms with van der Waals surface area (Å²) in [4.78, 5) is 38.4. The van der Waals surface area contributed by atoms with E-state index in [0.29, 0.717) is 18.7 Å². The van der Waals surface area contributed by atoms with Crippen LogP contribution >= 0.6 is 11.8 Å². The lowest BCUT2D eigenvalue weighted by atomic mass is 10.1. The third-order valence-corrected chi connectivity index (χ3v) is 4.54. The molecule has 3 amide bonds. The summed E-state index contributed by atoms with van der Waals surface area (Å²) < 4.78 is 0. The van der Waals surface area contributed by atoms with Gasteiger partial charge in [0, 0.05) is 19.1 Å². The zero-order valence-corrected chi connectivity index (χ0v) is 15.1. The van der Waals surface area contributed by atoms with Crippen LogP contribution in [0, 0.1) is 0 Å². The second kappa shape index (κ2) is 8.75. The molecule has 1 saturated heterocycles. The Morgan fingerprint density at radius 2 is 2.04 bits per heavy atom. The summed E-state index contributed by atoms with van der Waals surface area (Å²) in [6.07, 6.45) is 2.19. The number of nitrogens with zero attached hydrogens (tertiary/aromatic N) is 1. The van der Waals surface area contributed by atoms with Gasteiger partial charge in [0.25, 0.3) is 5.91 Å². The van der Waals surface area contributed by atoms with Crippen LogP contribution in [-0.2, 0) is 9.59 Å². The molecule has 2 atom stereocenters. The Balaban J connectivity index is 2.19. The fourth-order valence-electron chi connectivity index (χ4n) is 2.92. The Morgan fingerprint density at radius 3 is 2.68 bits per heavy atom. The molecule has 136 valence electrons. The molecule has 1 aromatic rings. The predicted molar refractivity (Wildman–Crippen MR) is 96.5 cm³/mol. The zero-order chi connectivity index (χ0) is 18.4. The molecule has 25 heavy (non-hydrogen) atoms. The maximum Gasteiger partial charge on any atom is 0.258 e. The molecular weight excluding hydrogens is 342 g/mol. The zero-order valence-electron chi connectivity index (χ0n) is 14.3. The molecule has 7 nitrogen and oxygen atoms in total. The maximum absolute atomic E-state index is 12.8. The third kappa shape index (κ3) is 4.66. The molecule has 1 fully saturated rings. The van der Waals surface area contributed by atoms with Crippen molar-refractivity contribution in [3.63, 3.8) is 0 Å². The SMILES string of the molecule is CCNC(=O)[C@@H]1C[C@@H](NC(=O)CSC)CN1C(=O)c1ccccc1O. The van der Waals surface area contributed by atoms with Crippen LogP contribution < -0.4 is 10.6 Å². The molecule has 0 saturated carbocycles. The van der Waals surface area contributed by atoms with Crippen molar-refractivity contribution in [1.82, 2.24) is 15.5 Å². The number of thioether (sulfide) groups is 1. The average molecular weight is 365 g/mol. The Labute approximate surface area is 151 Å². The van der Waals surface area contributed by atoms with Crippen LogP contribution in [0.25, 0.3) is 0 Å². The molecule has 1 aliphatic heterocycles. The van der Waals surface area contributed by atoms with Crippen LogP contribution in [0.2, 0.25) is 0 Å². The summed E-state index contributed by atoms with van der Waals surface area (Å²) in [6, 6.07) is 5.27. The normalized spacial score (nSPS) is 19.5. The minimum Gasteiger partial charge on any atom is -0.507 e. The lowest BCUT2D eigenvalue weighted by Gasteiger charge is -2.24. The highest BCUT2D eigenvalue weighted by Gasteiger charge is 2.40. The molecule has 2 rings (SSSR count). The Hall–Kier alpha value is -2.22. The quantitative estimate of drug-likeness (QED) is 0.685. The van der Waals surface area contributed by atoms with E-state index < -0.39 is 11.9 Å². The molecular formula is C17H23N3O4S. The molecule has 0 unspecified atom stereocenters. The number of rotatable bonds is 6. The Kier molecular flexibility index (Phi) is 6.69. The van der Waals surface area contributed by atoms with Crippen LogP contribution in [0.15, 0.2) is 24.3 Å². The second-order valence-electron chi connectivity index (χ2n) is 5.82. The number of likely N-dealkylation sites (N-methyl/N-ethyl adjacent to an activating group) is 1. The highest BCUT2D eigenvalue weighted by molar-refractivity contribution is 7.99. The second-order valence-corrected chi connectivity index (χ2v) is 6.68. The summed E-state index contributed by atoms with van der Waals surface area (Å²) in [7, 11) is 0. The van der Waals surface area contributed by atoms with E-state index >= 15 is 0 Å². The van der Waals surface area contributed by atoms with E-state index in [1.54, 1.807) is 19.1 Å². The highest BCUT2D eigenvalue weighted by Crippen LogP contribution is 2.25. The summed E-state index contributed by atoms with van der Waals surface area (Å²) in [5, 5.41) is 15.5. The van der Waals surface area contributed by atoms with Crippen LogP contribution in [0.5, 0.6) is 5.75 Å². The molecule has 1 heterocycles. The van der Waals surface area contributed by atoms with Gasteiger partial charge in [-0.2, -0.15) is 11.8 Å². The van der Waals surface area contributed by atoms with E-state index in [9.17, 15) is 19.5 Å². The van der Waals surface area contributed by atoms with Crippen LogP contribution in [0.1, 0.15) is 23.7 Å². The fourth-order valence-corrected chi connectivity index (χ4v) is 3.26. The molecule has 0 spiro atoms. The van der Waals surface area contributed by atoms with E-state index in [1.807, 2.05) is 6.26 Å². The van der Waals surface area contributed by atoms with Crippen molar-refractivity contribution in [3.8, 4) is 5.75 Å². The van der Waals surface area contributed by atoms with Crippen molar-refractivity contribution in [3.05, 3.63) is 29.8 Å². The average Bonchev–Trinajstić information content (AvgIpc) is 2.99. The summed E-state index contributed by atoms with van der Waals surface area (Å²) in [6.45, 7) is 2.49. The van der Waals surface area contributed by atoms with Gasteiger partial charge in [-0.25, -0.2) is 0 Å². The van der Waals surface area contributed by atoms with E-state index in [2.05, 4.69) is 10.6 Å². The molecule has 0 radical (unpaired) electrons. The molecule has 0 aromatic heterocycles. The van der Waals surface area contributed by atoms with Crippen molar-refractivity contribution < 1.29 is 19.5 Å². The van der Waals surface area contributed by atoms with Gasteiger partial charge in [-0.1, -0.05) is 12.1 Å². The first-order valence-electron chi connectivity index (χ1n) is 8.12. The minimum atomic E-state index is -0.674. The number of likely N-dealkylation sites (tertiary alicyclic amines) is 1. The first-order valence-corrected chi connectivity index (χ1v) is 9.52. The number of para-hydroxylation sites is 1. The van der Waals surface area contributed by atoms with Crippen LogP contribution in [0.4, 0.5) is 0 Å². The summed E-state index contributed by atoms with van der Waals surface area (Å²) >= 11 is 1.41. The van der Waals surface area contributed by atoms with E-state index in [1.165, 1.54) is 28.8 Å². The maximum atomic E-state index is 12.8. The fraction of sp³-hybridized carbons (Fsp3) is 0.471. The van der Waals surface area contributed by atoms with Gasteiger partial charge in [0.1, 0.15) is 11.8 Å². The van der Waals surface area contributed by atoms with Gasteiger partial charge >= 0.3 is 0 Å². The number of phenolic OH excluding ortho intramolecular Hbond substituents is 1. The molecule has 1 aromatic carbocycles. The monoisotopic (exact) mass is 365 g/mol. The molecule has 8 heteroatoms. The molecule has 0 aliphatic carbocycles. The van der Waals surface area contributed by atoms with Crippen molar-refractivity contribution in [2.45, 2.75) is 25.4 Å². The standard InChI is InChI=1S/C17H23N3O4S/c1-3-18-16(23)13-8-11(19-15(22)10-25-2)9-20(13)17(24)12-6-4-5-7-14(12)21/h4-7,11,13,21H,3,8-10H2,1-2H3,(H,18,23)(H,19,22)/t11-,13+/m1/s1. The predicted octanol–water partition coefficient (Wildman–Crippen LogP) is 0.591. The van der Waals surface area contributed by atoms with Gasteiger partial charge < -0.3 is 20.6 Å². The number of carbonyl (C=O) groups excluding carboxylic acids is 3. The number of hydrogen-bond donors (Lipinski definition) is 3. The number of benzene rings is 1. The molecule has 1 aliphatic rings. The van der Waals surface area contributed by atoms with Crippen molar-refractivity contribution >= 4 is 29.5 Å². The Bertz CT molecular complexity index is 653. The number of phenols is 1. The van der Waals surface area contributed by atoms with Crippen molar-refractivity contribution in [1.29, 1.82) is 0 Å².